The Hall–Kier alpha value is -0.0400. The minimum atomic E-state index is 0.324. The summed E-state index contributed by atoms with van der Waals surface area (Å²) in [5.74, 6) is 0.786. The van der Waals surface area contributed by atoms with Gasteiger partial charge in [-0.15, -0.1) is 0 Å². The van der Waals surface area contributed by atoms with Crippen LogP contribution in [0.25, 0.3) is 0 Å². The van der Waals surface area contributed by atoms with Crippen molar-refractivity contribution in [2.24, 2.45) is 11.3 Å². The molecule has 1 N–H and O–H groups in total. The maximum Gasteiger partial charge on any atom is 0.0487 e. The average molecular weight is 170 g/mol. The Labute approximate surface area is 76.2 Å². The first kappa shape index (κ1) is 10.0. The Morgan fingerprint density at radius 3 is 2.25 bits per heavy atom. The standard InChI is InChI=1S/C11H22O/c1-10(2)5-8-11(9-12)6-3-4-7-11/h10,12H,3-9H2,1-2H3. The van der Waals surface area contributed by atoms with Crippen molar-refractivity contribution in [3.05, 3.63) is 0 Å². The first-order valence-electron chi connectivity index (χ1n) is 5.29. The van der Waals surface area contributed by atoms with Crippen molar-refractivity contribution in [1.29, 1.82) is 0 Å². The predicted octanol–water partition coefficient (Wildman–Crippen LogP) is 2.98. The van der Waals surface area contributed by atoms with E-state index in [0.29, 0.717) is 12.0 Å². The summed E-state index contributed by atoms with van der Waals surface area (Å²) in [7, 11) is 0. The van der Waals surface area contributed by atoms with Crippen molar-refractivity contribution >= 4 is 0 Å². The molecule has 1 saturated carbocycles. The van der Waals surface area contributed by atoms with E-state index in [-0.39, 0.29) is 0 Å². The summed E-state index contributed by atoms with van der Waals surface area (Å²) in [5, 5.41) is 9.33. The van der Waals surface area contributed by atoms with Crippen LogP contribution in [0.2, 0.25) is 0 Å². The lowest BCUT2D eigenvalue weighted by Crippen LogP contribution is -2.21. The summed E-state index contributed by atoms with van der Waals surface area (Å²) in [5.41, 5.74) is 0.324. The summed E-state index contributed by atoms with van der Waals surface area (Å²) in [4.78, 5) is 0. The number of rotatable bonds is 4. The SMILES string of the molecule is CC(C)CCC1(CO)CCCC1. The van der Waals surface area contributed by atoms with Gasteiger partial charge in [-0.25, -0.2) is 0 Å². The van der Waals surface area contributed by atoms with Gasteiger partial charge in [0.25, 0.3) is 0 Å². The molecule has 0 heterocycles. The molecule has 1 nitrogen and oxygen atoms in total. The lowest BCUT2D eigenvalue weighted by Gasteiger charge is -2.27. The first-order chi connectivity index (χ1) is 5.68. The van der Waals surface area contributed by atoms with Crippen LogP contribution in [0.5, 0.6) is 0 Å². The topological polar surface area (TPSA) is 20.2 Å². The van der Waals surface area contributed by atoms with Crippen molar-refractivity contribution in [2.75, 3.05) is 6.61 Å². The molecule has 0 aromatic heterocycles. The lowest BCUT2D eigenvalue weighted by molar-refractivity contribution is 0.114. The van der Waals surface area contributed by atoms with Gasteiger partial charge < -0.3 is 5.11 Å². The molecule has 72 valence electrons. The lowest BCUT2D eigenvalue weighted by atomic mass is 9.81. The molecule has 12 heavy (non-hydrogen) atoms. The Morgan fingerprint density at radius 2 is 1.83 bits per heavy atom. The molecule has 0 radical (unpaired) electrons. The van der Waals surface area contributed by atoms with Crippen LogP contribution in [0.4, 0.5) is 0 Å². The van der Waals surface area contributed by atoms with E-state index in [9.17, 15) is 5.11 Å². The fourth-order valence-electron chi connectivity index (χ4n) is 2.21. The average Bonchev–Trinajstić information content (AvgIpc) is 2.50. The summed E-state index contributed by atoms with van der Waals surface area (Å²) < 4.78 is 0. The molecule has 1 fully saturated rings. The third kappa shape index (κ3) is 2.48. The zero-order chi connectivity index (χ0) is 9.03. The maximum atomic E-state index is 9.33. The monoisotopic (exact) mass is 170 g/mol. The fourth-order valence-corrected chi connectivity index (χ4v) is 2.21. The second-order valence-corrected chi connectivity index (χ2v) is 4.80. The molecule has 0 amide bonds. The summed E-state index contributed by atoms with van der Waals surface area (Å²) in [6.07, 6.45) is 7.70. The maximum absolute atomic E-state index is 9.33. The van der Waals surface area contributed by atoms with Gasteiger partial charge in [0.15, 0.2) is 0 Å². The van der Waals surface area contributed by atoms with Gasteiger partial charge in [-0.1, -0.05) is 33.1 Å². The molecule has 1 rings (SSSR count). The third-order valence-electron chi connectivity index (χ3n) is 3.25. The van der Waals surface area contributed by atoms with E-state index >= 15 is 0 Å². The Kier molecular flexibility index (Phi) is 3.57. The molecule has 1 aliphatic rings. The molecule has 1 aliphatic carbocycles. The minimum Gasteiger partial charge on any atom is -0.396 e. The molecular weight excluding hydrogens is 148 g/mol. The highest BCUT2D eigenvalue weighted by Crippen LogP contribution is 2.42. The molecule has 0 spiro atoms. The first-order valence-corrected chi connectivity index (χ1v) is 5.29. The zero-order valence-corrected chi connectivity index (χ0v) is 8.47. The summed E-state index contributed by atoms with van der Waals surface area (Å²) in [6.45, 7) is 4.94. The highest BCUT2D eigenvalue weighted by Gasteiger charge is 2.32. The molecule has 1 heteroatoms. The third-order valence-corrected chi connectivity index (χ3v) is 3.25. The normalized spacial score (nSPS) is 22.0. The Morgan fingerprint density at radius 1 is 1.25 bits per heavy atom. The second-order valence-electron chi connectivity index (χ2n) is 4.80. The van der Waals surface area contributed by atoms with Crippen LogP contribution >= 0.6 is 0 Å². The Balaban J connectivity index is 2.34. The van der Waals surface area contributed by atoms with Crippen LogP contribution in [0.15, 0.2) is 0 Å². The predicted molar refractivity (Wildman–Crippen MR) is 52.1 cm³/mol. The van der Waals surface area contributed by atoms with E-state index in [1.165, 1.54) is 38.5 Å². The minimum absolute atomic E-state index is 0.324. The fraction of sp³-hybridized carbons (Fsp3) is 1.00. The van der Waals surface area contributed by atoms with E-state index in [0.717, 1.165) is 5.92 Å². The quantitative estimate of drug-likeness (QED) is 0.687. The van der Waals surface area contributed by atoms with Crippen LogP contribution in [-0.2, 0) is 0 Å². The number of aliphatic hydroxyl groups is 1. The van der Waals surface area contributed by atoms with E-state index in [4.69, 9.17) is 0 Å². The van der Waals surface area contributed by atoms with Gasteiger partial charge in [0, 0.05) is 6.61 Å². The van der Waals surface area contributed by atoms with Crippen LogP contribution in [0, 0.1) is 11.3 Å². The Bertz CT molecular complexity index is 123. The van der Waals surface area contributed by atoms with Crippen LogP contribution in [0.3, 0.4) is 0 Å². The smallest absolute Gasteiger partial charge is 0.0487 e. The van der Waals surface area contributed by atoms with Crippen molar-refractivity contribution in [3.63, 3.8) is 0 Å². The van der Waals surface area contributed by atoms with E-state index in [1.54, 1.807) is 0 Å². The van der Waals surface area contributed by atoms with E-state index in [2.05, 4.69) is 13.8 Å². The molecular formula is C11H22O. The highest BCUT2D eigenvalue weighted by atomic mass is 16.3. The number of hydrogen-bond donors (Lipinski definition) is 1. The molecule has 0 bridgehead atoms. The number of hydrogen-bond acceptors (Lipinski definition) is 1. The van der Waals surface area contributed by atoms with Gasteiger partial charge in [-0.3, -0.25) is 0 Å². The second kappa shape index (κ2) is 4.27. The zero-order valence-electron chi connectivity index (χ0n) is 8.47. The van der Waals surface area contributed by atoms with Crippen molar-refractivity contribution in [1.82, 2.24) is 0 Å². The van der Waals surface area contributed by atoms with Crippen molar-refractivity contribution < 1.29 is 5.11 Å². The van der Waals surface area contributed by atoms with Gasteiger partial charge >= 0.3 is 0 Å². The number of aliphatic hydroxyl groups excluding tert-OH is 1. The summed E-state index contributed by atoms with van der Waals surface area (Å²) in [6, 6.07) is 0. The van der Waals surface area contributed by atoms with Crippen LogP contribution in [-0.4, -0.2) is 11.7 Å². The summed E-state index contributed by atoms with van der Waals surface area (Å²) >= 11 is 0. The van der Waals surface area contributed by atoms with Gasteiger partial charge in [-0.2, -0.15) is 0 Å². The van der Waals surface area contributed by atoms with Gasteiger partial charge in [0.05, 0.1) is 0 Å². The van der Waals surface area contributed by atoms with E-state index < -0.39 is 0 Å². The van der Waals surface area contributed by atoms with Gasteiger partial charge in [0.2, 0.25) is 0 Å². The van der Waals surface area contributed by atoms with Crippen molar-refractivity contribution in [3.8, 4) is 0 Å². The molecule has 0 aromatic rings. The highest BCUT2D eigenvalue weighted by molar-refractivity contribution is 4.84. The van der Waals surface area contributed by atoms with Crippen LogP contribution in [0.1, 0.15) is 52.4 Å². The molecule has 0 aromatic carbocycles. The van der Waals surface area contributed by atoms with E-state index in [1.807, 2.05) is 0 Å². The van der Waals surface area contributed by atoms with Crippen LogP contribution < -0.4 is 0 Å². The molecule has 0 aliphatic heterocycles. The molecule has 0 saturated heterocycles. The molecule has 0 unspecified atom stereocenters. The van der Waals surface area contributed by atoms with Crippen molar-refractivity contribution in [2.45, 2.75) is 52.4 Å². The van der Waals surface area contributed by atoms with Gasteiger partial charge in [0.1, 0.15) is 0 Å². The van der Waals surface area contributed by atoms with Gasteiger partial charge in [-0.05, 0) is 30.6 Å². The molecule has 0 atom stereocenters. The largest absolute Gasteiger partial charge is 0.396 e.